The molecule has 2 heterocycles. The van der Waals surface area contributed by atoms with Crippen LogP contribution >= 0.6 is 0 Å². The molecule has 2 aromatic heterocycles. The maximum Gasteiger partial charge on any atom is 0.143 e. The zero-order valence-electron chi connectivity index (χ0n) is 61.7. The molecule has 2 spiro atoms. The Morgan fingerprint density at radius 2 is 0.605 bits per heavy atom. The zero-order chi connectivity index (χ0) is 74.2. The van der Waals surface area contributed by atoms with E-state index in [1.807, 2.05) is 6.07 Å². The molecule has 0 aliphatic heterocycles. The number of rotatable bonds is 7. The maximum absolute atomic E-state index is 7.54. The first-order valence-electron chi connectivity index (χ1n) is 39.6. The fourth-order valence-corrected chi connectivity index (χ4v) is 22.0. The van der Waals surface area contributed by atoms with Crippen molar-refractivity contribution in [1.82, 2.24) is 0 Å². The largest absolute Gasteiger partial charge is 0.456 e. The van der Waals surface area contributed by atoms with Gasteiger partial charge in [-0.25, -0.2) is 0 Å². The van der Waals surface area contributed by atoms with Gasteiger partial charge in [-0.1, -0.05) is 303 Å². The molecule has 4 nitrogen and oxygen atoms in total. The van der Waals surface area contributed by atoms with Crippen LogP contribution in [0.1, 0.15) is 44.5 Å². The van der Waals surface area contributed by atoms with Crippen molar-refractivity contribution in [3.05, 3.63) is 433 Å². The first-order valence-corrected chi connectivity index (χ1v) is 39.6. The van der Waals surface area contributed by atoms with E-state index in [0.717, 1.165) is 89.1 Å². The number of para-hydroxylation sites is 4. The van der Waals surface area contributed by atoms with Gasteiger partial charge in [-0.3, -0.25) is 0 Å². The van der Waals surface area contributed by atoms with Crippen LogP contribution in [0.15, 0.2) is 397 Å². The van der Waals surface area contributed by atoms with Crippen LogP contribution in [0.25, 0.3) is 164 Å². The first-order chi connectivity index (χ1) is 56.6. The highest BCUT2D eigenvalue weighted by Crippen LogP contribution is 2.70. The van der Waals surface area contributed by atoms with Crippen molar-refractivity contribution in [1.29, 1.82) is 0 Å². The van der Waals surface area contributed by atoms with Crippen LogP contribution in [0, 0.1) is 0 Å². The Balaban J connectivity index is 0.671. The van der Waals surface area contributed by atoms with Gasteiger partial charge in [-0.05, 0) is 244 Å². The van der Waals surface area contributed by atoms with E-state index in [2.05, 4.69) is 392 Å². The van der Waals surface area contributed by atoms with Gasteiger partial charge in [-0.2, -0.15) is 0 Å². The van der Waals surface area contributed by atoms with Crippen molar-refractivity contribution >= 4 is 143 Å². The smallest absolute Gasteiger partial charge is 0.143 e. The summed E-state index contributed by atoms with van der Waals surface area (Å²) in [6.07, 6.45) is 0. The van der Waals surface area contributed by atoms with Crippen LogP contribution in [0.2, 0.25) is 0 Å². The van der Waals surface area contributed by atoms with Crippen LogP contribution in [0.4, 0.5) is 34.1 Å². The molecule has 4 heteroatoms. The summed E-state index contributed by atoms with van der Waals surface area (Å²) in [5.74, 6) is 0. The summed E-state index contributed by atoms with van der Waals surface area (Å²) in [6, 6.07) is 146. The molecule has 4 aliphatic carbocycles. The lowest BCUT2D eigenvalue weighted by Gasteiger charge is -2.33. The lowest BCUT2D eigenvalue weighted by molar-refractivity contribution is 0.669. The van der Waals surface area contributed by atoms with Crippen molar-refractivity contribution in [2.75, 3.05) is 9.80 Å². The third-order valence-electron chi connectivity index (χ3n) is 26.1. The number of nitrogens with zero attached hydrogens (tertiary/aromatic N) is 2. The van der Waals surface area contributed by atoms with Crippen LogP contribution < -0.4 is 9.80 Å². The third kappa shape index (κ3) is 7.95. The second-order valence-electron chi connectivity index (χ2n) is 31.4. The predicted molar refractivity (Wildman–Crippen MR) is 473 cm³/mol. The van der Waals surface area contributed by atoms with Gasteiger partial charge in [0.25, 0.3) is 0 Å². The van der Waals surface area contributed by atoms with E-state index < -0.39 is 10.8 Å². The summed E-state index contributed by atoms with van der Waals surface area (Å²) < 4.78 is 13.9. The van der Waals surface area contributed by atoms with Crippen molar-refractivity contribution in [3.8, 4) is 55.6 Å². The van der Waals surface area contributed by atoms with Crippen LogP contribution in [0.3, 0.4) is 0 Å². The average molecular weight is 1450 g/mol. The summed E-state index contributed by atoms with van der Waals surface area (Å²) in [5.41, 5.74) is 31.5. The molecule has 20 aromatic carbocycles. The van der Waals surface area contributed by atoms with Gasteiger partial charge in [0.2, 0.25) is 0 Å². The van der Waals surface area contributed by atoms with E-state index in [1.54, 1.807) is 0 Å². The Morgan fingerprint density at radius 1 is 0.193 bits per heavy atom. The maximum atomic E-state index is 7.54. The van der Waals surface area contributed by atoms with E-state index in [9.17, 15) is 0 Å². The number of fused-ring (bicyclic) bond motifs is 40. The number of anilines is 6. The van der Waals surface area contributed by atoms with Crippen molar-refractivity contribution in [2.45, 2.75) is 10.8 Å². The number of benzene rings is 20. The van der Waals surface area contributed by atoms with E-state index in [-0.39, 0.29) is 0 Å². The van der Waals surface area contributed by atoms with Gasteiger partial charge >= 0.3 is 0 Å². The van der Waals surface area contributed by atoms with Gasteiger partial charge in [-0.15, -0.1) is 0 Å². The fraction of sp³-hybridized carbons (Fsp3) is 0.0182. The normalized spacial score (nSPS) is 13.6. The number of furan rings is 2. The second kappa shape index (κ2) is 22.9. The van der Waals surface area contributed by atoms with E-state index in [1.165, 1.54) is 154 Å². The lowest BCUT2D eigenvalue weighted by Crippen LogP contribution is -2.26. The highest BCUT2D eigenvalue weighted by molar-refractivity contribution is 6.28. The molecule has 0 bridgehead atoms. The number of hydrogen-bond donors (Lipinski definition) is 0. The summed E-state index contributed by atoms with van der Waals surface area (Å²) in [5, 5.41) is 19.1. The molecule has 0 saturated heterocycles. The van der Waals surface area contributed by atoms with Gasteiger partial charge in [0.15, 0.2) is 0 Å². The Hall–Kier alpha value is -14.8. The monoisotopic (exact) mass is 1440 g/mol. The summed E-state index contributed by atoms with van der Waals surface area (Å²) in [4.78, 5) is 4.85. The molecule has 26 rings (SSSR count). The Labute approximate surface area is 656 Å². The molecule has 0 N–H and O–H groups in total. The van der Waals surface area contributed by atoms with Crippen molar-refractivity contribution < 1.29 is 8.83 Å². The summed E-state index contributed by atoms with van der Waals surface area (Å²) in [7, 11) is 0. The molecule has 0 atom stereocenters. The standard InChI is InChI=1S/C110H64N2O2/c1-3-26-67(27-4-1)111(71-56-61-98-91(64-71)80-36-17-22-50-97(80)113-98)69-54-59-72-65(62-69)52-58-89-102-83-39-11-10-38-82(83)100-84(41-23-43-87(100)107(102)110(105(72)89)94-47-20-15-34-78(94)79-35-16-21-48-95(79)110)86-42-24-44-90-103-96(49-25-51-99(103)114-108(86)90)112(68-28-5-2-6-29-68)70-55-60-73-66(63-70)53-57-88-101-81-37-9-7-30-74(81)75-31-8-12-40-85(75)106(101)109(104(73)88)92-45-18-13-32-76(92)77-33-14-19-46-93(77)109/h1-64H. The molecule has 4 aliphatic rings. The molecule has 526 valence electrons. The Bertz CT molecular complexity index is 7930. The molecule has 0 radical (unpaired) electrons. The van der Waals surface area contributed by atoms with Gasteiger partial charge < -0.3 is 18.6 Å². The molecule has 0 amide bonds. The Kier molecular flexibility index (Phi) is 12.4. The predicted octanol–water partition coefficient (Wildman–Crippen LogP) is 29.7. The van der Waals surface area contributed by atoms with Crippen LogP contribution in [-0.2, 0) is 10.8 Å². The number of hydrogen-bond acceptors (Lipinski definition) is 4. The summed E-state index contributed by atoms with van der Waals surface area (Å²) in [6.45, 7) is 0. The minimum absolute atomic E-state index is 0.598. The quantitative estimate of drug-likeness (QED) is 0.149. The van der Waals surface area contributed by atoms with Gasteiger partial charge in [0.05, 0.1) is 21.9 Å². The van der Waals surface area contributed by atoms with Crippen molar-refractivity contribution in [3.63, 3.8) is 0 Å². The minimum atomic E-state index is -0.722. The highest BCUT2D eigenvalue weighted by atomic mass is 16.3. The lowest BCUT2D eigenvalue weighted by atomic mass is 9.68. The van der Waals surface area contributed by atoms with E-state index in [4.69, 9.17) is 8.83 Å². The summed E-state index contributed by atoms with van der Waals surface area (Å²) >= 11 is 0. The SMILES string of the molecule is c1ccc(N(c2ccc3c4c(ccc3c2)-c2c(c3cccc(-c5cccc6c5oc5cccc(N(c7ccccc7)c7ccc8c9c(ccc8c7)-c7c(c8ccccc8c8ccccc78)C97c8ccccc8-c8ccccc87)c56)c3c3ccccc23)C42c3ccccc3-c3ccccc32)c2ccc3oc4ccccc4c3c2)cc1. The Morgan fingerprint density at radius 3 is 1.21 bits per heavy atom. The fourth-order valence-electron chi connectivity index (χ4n) is 22.0. The zero-order valence-corrected chi connectivity index (χ0v) is 61.7. The molecular weight excluding hydrogens is 1380 g/mol. The molecule has 114 heavy (non-hydrogen) atoms. The molecule has 0 saturated carbocycles. The molecular formula is C110H64N2O2. The highest BCUT2D eigenvalue weighted by Gasteiger charge is 2.56. The topological polar surface area (TPSA) is 32.8 Å². The van der Waals surface area contributed by atoms with Crippen molar-refractivity contribution in [2.24, 2.45) is 0 Å². The van der Waals surface area contributed by atoms with Gasteiger partial charge in [0, 0.05) is 50.2 Å². The average Bonchev–Trinajstić information content (AvgIpc) is 1.49. The third-order valence-corrected chi connectivity index (χ3v) is 26.1. The molecule has 0 fully saturated rings. The van der Waals surface area contributed by atoms with Gasteiger partial charge in [0.1, 0.15) is 22.3 Å². The minimum Gasteiger partial charge on any atom is -0.456 e. The molecule has 22 aromatic rings. The van der Waals surface area contributed by atoms with Crippen LogP contribution in [-0.4, -0.2) is 0 Å². The first kappa shape index (κ1) is 62.0. The van der Waals surface area contributed by atoms with E-state index in [0.29, 0.717) is 0 Å². The second-order valence-corrected chi connectivity index (χ2v) is 31.4. The molecule has 0 unspecified atom stereocenters. The van der Waals surface area contributed by atoms with E-state index >= 15 is 0 Å². The van der Waals surface area contributed by atoms with Crippen LogP contribution in [0.5, 0.6) is 0 Å².